The summed E-state index contributed by atoms with van der Waals surface area (Å²) in [7, 11) is -3.39. The lowest BCUT2D eigenvalue weighted by molar-refractivity contribution is 0.493. The minimum atomic E-state index is -3.39. The number of hydrogen-bond acceptors (Lipinski definition) is 3. The minimum absolute atomic E-state index is 0.345. The van der Waals surface area contributed by atoms with Gasteiger partial charge in [-0.25, -0.2) is 0 Å². The van der Waals surface area contributed by atoms with Crippen LogP contribution >= 0.6 is 22.6 Å². The van der Waals surface area contributed by atoms with Gasteiger partial charge in [0.25, 0.3) is 0 Å². The lowest BCUT2D eigenvalue weighted by Crippen LogP contribution is -2.05. The van der Waals surface area contributed by atoms with Gasteiger partial charge in [0.2, 0.25) is 0 Å². The second-order valence-electron chi connectivity index (χ2n) is 2.24. The van der Waals surface area contributed by atoms with Crippen LogP contribution in [0.4, 0.5) is 0 Å². The van der Waals surface area contributed by atoms with E-state index in [-0.39, 0.29) is 0 Å². The van der Waals surface area contributed by atoms with Crippen LogP contribution in [0.5, 0.6) is 5.75 Å². The quantitative estimate of drug-likeness (QED) is 0.616. The van der Waals surface area contributed by atoms with E-state index in [4.69, 9.17) is 0 Å². The Morgan fingerprint density at radius 3 is 2.17 bits per heavy atom. The van der Waals surface area contributed by atoms with Gasteiger partial charge < -0.3 is 4.18 Å². The highest BCUT2D eigenvalue weighted by molar-refractivity contribution is 14.1. The largest absolute Gasteiger partial charge is 0.383 e. The number of halogens is 1. The maximum Gasteiger partial charge on any atom is 0.306 e. The minimum Gasteiger partial charge on any atom is -0.383 e. The van der Waals surface area contributed by atoms with E-state index in [0.29, 0.717) is 5.75 Å². The molecule has 0 aliphatic rings. The molecule has 1 rings (SSSR count). The van der Waals surface area contributed by atoms with Crippen molar-refractivity contribution in [3.8, 4) is 5.75 Å². The van der Waals surface area contributed by atoms with E-state index in [1.165, 1.54) is 0 Å². The average Bonchev–Trinajstić information content (AvgIpc) is 1.91. The normalized spacial score (nSPS) is 11.2. The van der Waals surface area contributed by atoms with E-state index in [1.807, 2.05) is 0 Å². The van der Waals surface area contributed by atoms with Crippen molar-refractivity contribution in [3.05, 3.63) is 27.8 Å². The molecule has 0 fully saturated rings. The molecular weight excluding hydrogens is 291 g/mol. The second-order valence-corrected chi connectivity index (χ2v) is 5.06. The van der Waals surface area contributed by atoms with Crippen molar-refractivity contribution in [1.29, 1.82) is 0 Å². The molecule has 0 aliphatic carbocycles. The highest BCUT2D eigenvalue weighted by Crippen LogP contribution is 2.14. The van der Waals surface area contributed by atoms with Gasteiger partial charge >= 0.3 is 10.1 Å². The molecular formula is C7H7IO3S. The van der Waals surface area contributed by atoms with Gasteiger partial charge in [0.1, 0.15) is 5.75 Å². The third-order valence-electron chi connectivity index (χ3n) is 1.06. The second kappa shape index (κ2) is 3.61. The molecule has 0 saturated heterocycles. The molecule has 0 aromatic heterocycles. The van der Waals surface area contributed by atoms with Gasteiger partial charge in [0.05, 0.1) is 6.26 Å². The zero-order valence-corrected chi connectivity index (χ0v) is 9.29. The van der Waals surface area contributed by atoms with E-state index in [2.05, 4.69) is 26.8 Å². The molecule has 3 nitrogen and oxygen atoms in total. The predicted molar refractivity (Wildman–Crippen MR) is 54.6 cm³/mol. The number of hydrogen-bond donors (Lipinski definition) is 0. The molecule has 0 amide bonds. The predicted octanol–water partition coefficient (Wildman–Crippen LogP) is 1.63. The van der Waals surface area contributed by atoms with E-state index in [0.717, 1.165) is 9.83 Å². The summed E-state index contributed by atoms with van der Waals surface area (Å²) in [5.41, 5.74) is 0. The van der Waals surface area contributed by atoms with Gasteiger partial charge in [-0.2, -0.15) is 8.42 Å². The van der Waals surface area contributed by atoms with Crippen molar-refractivity contribution in [2.24, 2.45) is 0 Å². The van der Waals surface area contributed by atoms with Crippen LogP contribution in [-0.4, -0.2) is 14.7 Å². The van der Waals surface area contributed by atoms with Crippen LogP contribution in [0.25, 0.3) is 0 Å². The van der Waals surface area contributed by atoms with Crippen LogP contribution in [0.1, 0.15) is 0 Å². The SMILES string of the molecule is CS(=O)(=O)Oc1ccc(I)cc1. The van der Waals surface area contributed by atoms with Crippen molar-refractivity contribution in [1.82, 2.24) is 0 Å². The molecule has 66 valence electrons. The molecule has 0 bridgehead atoms. The van der Waals surface area contributed by atoms with Crippen LogP contribution in [-0.2, 0) is 10.1 Å². The molecule has 1 aromatic carbocycles. The third-order valence-corrected chi connectivity index (χ3v) is 2.28. The first-order valence-electron chi connectivity index (χ1n) is 3.12. The molecule has 0 atom stereocenters. The number of benzene rings is 1. The summed E-state index contributed by atoms with van der Waals surface area (Å²) < 4.78 is 27.0. The lowest BCUT2D eigenvalue weighted by Gasteiger charge is -2.01. The Morgan fingerprint density at radius 2 is 1.75 bits per heavy atom. The van der Waals surface area contributed by atoms with Gasteiger partial charge in [-0.05, 0) is 46.9 Å². The summed E-state index contributed by atoms with van der Waals surface area (Å²) in [6.07, 6.45) is 1.02. The fourth-order valence-electron chi connectivity index (χ4n) is 0.665. The zero-order chi connectivity index (χ0) is 9.19. The third kappa shape index (κ3) is 3.40. The van der Waals surface area contributed by atoms with E-state index in [1.54, 1.807) is 24.3 Å². The summed E-state index contributed by atoms with van der Waals surface area (Å²) >= 11 is 2.13. The molecule has 0 saturated carbocycles. The van der Waals surface area contributed by atoms with Crippen LogP contribution in [0.3, 0.4) is 0 Å². The van der Waals surface area contributed by atoms with Crippen LogP contribution in [0, 0.1) is 3.57 Å². The number of rotatable bonds is 2. The van der Waals surface area contributed by atoms with Crippen molar-refractivity contribution in [2.45, 2.75) is 0 Å². The zero-order valence-electron chi connectivity index (χ0n) is 6.32. The molecule has 1 aromatic rings. The average molecular weight is 298 g/mol. The molecule has 0 spiro atoms. The fourth-order valence-corrected chi connectivity index (χ4v) is 1.49. The van der Waals surface area contributed by atoms with Crippen LogP contribution in [0.2, 0.25) is 0 Å². The summed E-state index contributed by atoms with van der Waals surface area (Å²) in [4.78, 5) is 0. The standard InChI is InChI=1S/C7H7IO3S/c1-12(9,10)11-7-4-2-6(8)3-5-7/h2-5H,1H3. The van der Waals surface area contributed by atoms with Crippen LogP contribution < -0.4 is 4.18 Å². The smallest absolute Gasteiger partial charge is 0.306 e. The molecule has 0 aliphatic heterocycles. The maximum atomic E-state index is 10.7. The Kier molecular flexibility index (Phi) is 2.94. The Balaban J connectivity index is 2.85. The van der Waals surface area contributed by atoms with Gasteiger partial charge in [-0.3, -0.25) is 0 Å². The van der Waals surface area contributed by atoms with Crippen molar-refractivity contribution in [3.63, 3.8) is 0 Å². The Morgan fingerprint density at radius 1 is 1.25 bits per heavy atom. The topological polar surface area (TPSA) is 43.4 Å². The highest BCUT2D eigenvalue weighted by atomic mass is 127. The monoisotopic (exact) mass is 298 g/mol. The van der Waals surface area contributed by atoms with Gasteiger partial charge in [-0.15, -0.1) is 0 Å². The van der Waals surface area contributed by atoms with E-state index >= 15 is 0 Å². The maximum absolute atomic E-state index is 10.7. The van der Waals surface area contributed by atoms with Gasteiger partial charge in [0, 0.05) is 3.57 Å². The van der Waals surface area contributed by atoms with Crippen molar-refractivity contribution in [2.75, 3.05) is 6.26 Å². The molecule has 0 unspecified atom stereocenters. The molecule has 0 heterocycles. The summed E-state index contributed by atoms with van der Waals surface area (Å²) in [5.74, 6) is 0.345. The Bertz CT molecular complexity index is 355. The molecule has 0 radical (unpaired) electrons. The molecule has 12 heavy (non-hydrogen) atoms. The van der Waals surface area contributed by atoms with E-state index in [9.17, 15) is 8.42 Å². The Hall–Kier alpha value is -0.300. The van der Waals surface area contributed by atoms with Gasteiger partial charge in [-0.1, -0.05) is 0 Å². The Labute approximate surface area is 85.0 Å². The van der Waals surface area contributed by atoms with Crippen LogP contribution in [0.15, 0.2) is 24.3 Å². The summed E-state index contributed by atoms with van der Waals surface area (Å²) in [5, 5.41) is 0. The van der Waals surface area contributed by atoms with Gasteiger partial charge in [0.15, 0.2) is 0 Å². The van der Waals surface area contributed by atoms with Crippen molar-refractivity contribution >= 4 is 32.7 Å². The first-order valence-corrected chi connectivity index (χ1v) is 6.02. The molecule has 0 N–H and O–H groups in total. The molecule has 5 heteroatoms. The first kappa shape index (κ1) is 9.79. The van der Waals surface area contributed by atoms with Crippen molar-refractivity contribution < 1.29 is 12.6 Å². The lowest BCUT2D eigenvalue weighted by atomic mass is 10.3. The summed E-state index contributed by atoms with van der Waals surface area (Å²) in [6.45, 7) is 0. The summed E-state index contributed by atoms with van der Waals surface area (Å²) in [6, 6.07) is 6.79. The highest BCUT2D eigenvalue weighted by Gasteiger charge is 2.02. The van der Waals surface area contributed by atoms with E-state index < -0.39 is 10.1 Å². The first-order chi connectivity index (χ1) is 5.47. The fraction of sp³-hybridized carbons (Fsp3) is 0.143.